The highest BCUT2D eigenvalue weighted by molar-refractivity contribution is 7.80. The summed E-state index contributed by atoms with van der Waals surface area (Å²) in [6.07, 6.45) is -0.582. The lowest BCUT2D eigenvalue weighted by molar-refractivity contribution is 0.0513. The van der Waals surface area contributed by atoms with Crippen molar-refractivity contribution < 1.29 is 9.53 Å². The topological polar surface area (TPSA) is 62.4 Å². The first-order valence-corrected chi connectivity index (χ1v) is 7.24. The van der Waals surface area contributed by atoms with Crippen LogP contribution in [0.3, 0.4) is 0 Å². The van der Waals surface area contributed by atoms with Gasteiger partial charge in [-0.2, -0.15) is 0 Å². The van der Waals surface area contributed by atoms with Gasteiger partial charge >= 0.3 is 6.09 Å². The maximum absolute atomic E-state index is 11.5. The second-order valence-corrected chi connectivity index (χ2v) is 6.39. The largest absolute Gasteiger partial charge is 0.443 e. The SMILES string of the molecule is CC(C)c1ccc(NC(=S)NNC(=O)OC(C)(C)C)cc1. The molecule has 0 bridgehead atoms. The minimum Gasteiger partial charge on any atom is -0.443 e. The molecule has 1 aromatic rings. The van der Waals surface area contributed by atoms with Crippen LogP contribution in [-0.4, -0.2) is 16.8 Å². The molecule has 1 rings (SSSR count). The maximum Gasteiger partial charge on any atom is 0.426 e. The van der Waals surface area contributed by atoms with Crippen molar-refractivity contribution in [2.24, 2.45) is 0 Å². The van der Waals surface area contributed by atoms with Gasteiger partial charge in [0.1, 0.15) is 5.60 Å². The van der Waals surface area contributed by atoms with Crippen molar-refractivity contribution in [2.45, 2.75) is 46.1 Å². The molecule has 0 aliphatic carbocycles. The molecule has 0 atom stereocenters. The molecular weight excluding hydrogens is 286 g/mol. The predicted molar refractivity (Wildman–Crippen MR) is 89.3 cm³/mol. The fourth-order valence-electron chi connectivity index (χ4n) is 1.53. The van der Waals surface area contributed by atoms with E-state index in [0.29, 0.717) is 5.92 Å². The minimum absolute atomic E-state index is 0.290. The third kappa shape index (κ3) is 6.94. The number of carbonyl (C=O) groups excluding carboxylic acids is 1. The Bertz CT molecular complexity index is 493. The van der Waals surface area contributed by atoms with E-state index in [4.69, 9.17) is 17.0 Å². The summed E-state index contributed by atoms with van der Waals surface area (Å²) >= 11 is 5.09. The molecule has 0 saturated heterocycles. The summed E-state index contributed by atoms with van der Waals surface area (Å²) in [7, 11) is 0. The minimum atomic E-state index is -0.582. The first kappa shape index (κ1) is 17.2. The Kier molecular flexibility index (Phi) is 5.96. The van der Waals surface area contributed by atoms with Crippen LogP contribution >= 0.6 is 12.2 Å². The second kappa shape index (κ2) is 7.26. The Hall–Kier alpha value is -1.82. The molecule has 0 aliphatic rings. The number of rotatable bonds is 2. The summed E-state index contributed by atoms with van der Waals surface area (Å²) in [5.74, 6) is 0.484. The molecule has 0 unspecified atom stereocenters. The molecule has 0 heterocycles. The van der Waals surface area contributed by atoms with E-state index < -0.39 is 11.7 Å². The van der Waals surface area contributed by atoms with Gasteiger partial charge in [0.15, 0.2) is 5.11 Å². The first-order valence-electron chi connectivity index (χ1n) is 6.83. The zero-order valence-electron chi connectivity index (χ0n) is 13.1. The molecule has 0 aromatic heterocycles. The van der Waals surface area contributed by atoms with E-state index in [9.17, 15) is 4.79 Å². The number of nitrogens with one attached hydrogen (secondary N) is 3. The van der Waals surface area contributed by atoms with Crippen LogP contribution < -0.4 is 16.2 Å². The number of benzene rings is 1. The molecule has 0 spiro atoms. The van der Waals surface area contributed by atoms with Crippen LogP contribution in [0.2, 0.25) is 0 Å². The molecule has 0 aliphatic heterocycles. The van der Waals surface area contributed by atoms with Gasteiger partial charge in [-0.1, -0.05) is 26.0 Å². The van der Waals surface area contributed by atoms with Crippen molar-refractivity contribution in [1.82, 2.24) is 10.9 Å². The van der Waals surface area contributed by atoms with Crippen LogP contribution in [0.15, 0.2) is 24.3 Å². The highest BCUT2D eigenvalue weighted by atomic mass is 32.1. The standard InChI is InChI=1S/C15H23N3O2S/c1-10(2)11-6-8-12(9-7-11)16-13(21)17-18-14(19)20-15(3,4)5/h6-10H,1-5H3,(H,18,19)(H2,16,17,21). The van der Waals surface area contributed by atoms with Crippen molar-refractivity contribution in [3.8, 4) is 0 Å². The van der Waals surface area contributed by atoms with E-state index in [1.54, 1.807) is 20.8 Å². The number of anilines is 1. The van der Waals surface area contributed by atoms with Crippen LogP contribution in [-0.2, 0) is 4.74 Å². The molecular formula is C15H23N3O2S. The maximum atomic E-state index is 11.5. The van der Waals surface area contributed by atoms with E-state index in [1.807, 2.05) is 24.3 Å². The van der Waals surface area contributed by atoms with Gasteiger partial charge < -0.3 is 10.1 Å². The number of hydrogen-bond acceptors (Lipinski definition) is 3. The Labute approximate surface area is 131 Å². The van der Waals surface area contributed by atoms with Crippen molar-refractivity contribution in [3.05, 3.63) is 29.8 Å². The highest BCUT2D eigenvalue weighted by Gasteiger charge is 2.15. The number of hydrogen-bond donors (Lipinski definition) is 3. The fourth-order valence-corrected chi connectivity index (χ4v) is 1.69. The average Bonchev–Trinajstić information content (AvgIpc) is 2.35. The van der Waals surface area contributed by atoms with Crippen molar-refractivity contribution in [1.29, 1.82) is 0 Å². The van der Waals surface area contributed by atoms with Crippen LogP contribution in [0, 0.1) is 0 Å². The number of amides is 1. The summed E-state index contributed by atoms with van der Waals surface area (Å²) in [5.41, 5.74) is 6.52. The molecule has 0 fully saturated rings. The zero-order chi connectivity index (χ0) is 16.0. The van der Waals surface area contributed by atoms with Crippen LogP contribution in [0.25, 0.3) is 0 Å². The van der Waals surface area contributed by atoms with E-state index in [1.165, 1.54) is 5.56 Å². The van der Waals surface area contributed by atoms with Crippen LogP contribution in [0.1, 0.15) is 46.1 Å². The summed E-state index contributed by atoms with van der Waals surface area (Å²) < 4.78 is 5.08. The summed E-state index contributed by atoms with van der Waals surface area (Å²) in [4.78, 5) is 11.5. The van der Waals surface area contributed by atoms with Gasteiger partial charge in [-0.3, -0.25) is 5.43 Å². The lowest BCUT2D eigenvalue weighted by Crippen LogP contribution is -2.45. The number of carbonyl (C=O) groups is 1. The van der Waals surface area contributed by atoms with E-state index in [0.717, 1.165) is 5.69 Å². The van der Waals surface area contributed by atoms with Gasteiger partial charge in [-0.15, -0.1) is 0 Å². The van der Waals surface area contributed by atoms with Crippen molar-refractivity contribution in [2.75, 3.05) is 5.32 Å². The Balaban J connectivity index is 2.42. The summed E-state index contributed by atoms with van der Waals surface area (Å²) in [6.45, 7) is 9.65. The second-order valence-electron chi connectivity index (χ2n) is 5.98. The predicted octanol–water partition coefficient (Wildman–Crippen LogP) is 3.54. The third-order valence-corrected chi connectivity index (χ3v) is 2.72. The first-order chi connectivity index (χ1) is 9.67. The molecule has 116 valence electrons. The van der Waals surface area contributed by atoms with Crippen LogP contribution in [0.5, 0.6) is 0 Å². The molecule has 0 radical (unpaired) electrons. The van der Waals surface area contributed by atoms with Gasteiger partial charge in [0.25, 0.3) is 0 Å². The summed E-state index contributed by atoms with van der Waals surface area (Å²) in [6, 6.07) is 7.96. The zero-order valence-corrected chi connectivity index (χ0v) is 13.9. The molecule has 0 saturated carbocycles. The fraction of sp³-hybridized carbons (Fsp3) is 0.467. The van der Waals surface area contributed by atoms with Gasteiger partial charge in [0.2, 0.25) is 0 Å². The van der Waals surface area contributed by atoms with Crippen molar-refractivity contribution in [3.63, 3.8) is 0 Å². The molecule has 3 N–H and O–H groups in total. The molecule has 5 nitrogen and oxygen atoms in total. The normalized spacial score (nSPS) is 11.0. The quantitative estimate of drug-likeness (QED) is 0.576. The number of thiocarbonyl (C=S) groups is 1. The van der Waals surface area contributed by atoms with Gasteiger partial charge in [-0.25, -0.2) is 10.2 Å². The van der Waals surface area contributed by atoms with E-state index in [2.05, 4.69) is 30.0 Å². The lowest BCUT2D eigenvalue weighted by atomic mass is 10.0. The highest BCUT2D eigenvalue weighted by Crippen LogP contribution is 2.16. The third-order valence-electron chi connectivity index (χ3n) is 2.51. The van der Waals surface area contributed by atoms with E-state index >= 15 is 0 Å². The Morgan fingerprint density at radius 2 is 1.71 bits per heavy atom. The van der Waals surface area contributed by atoms with Crippen molar-refractivity contribution >= 4 is 29.1 Å². The molecule has 1 amide bonds. The molecule has 21 heavy (non-hydrogen) atoms. The Morgan fingerprint density at radius 3 is 2.19 bits per heavy atom. The number of ether oxygens (including phenoxy) is 1. The van der Waals surface area contributed by atoms with Gasteiger partial charge in [0, 0.05) is 5.69 Å². The van der Waals surface area contributed by atoms with Gasteiger partial charge in [0.05, 0.1) is 0 Å². The van der Waals surface area contributed by atoms with Gasteiger partial charge in [-0.05, 0) is 56.6 Å². The summed E-state index contributed by atoms with van der Waals surface area (Å²) in [5, 5.41) is 3.27. The van der Waals surface area contributed by atoms with Crippen LogP contribution in [0.4, 0.5) is 10.5 Å². The monoisotopic (exact) mass is 309 g/mol. The molecule has 1 aromatic carbocycles. The smallest absolute Gasteiger partial charge is 0.426 e. The average molecular weight is 309 g/mol. The number of hydrazine groups is 1. The Morgan fingerprint density at radius 1 is 1.14 bits per heavy atom. The lowest BCUT2D eigenvalue weighted by Gasteiger charge is -2.20. The molecule has 6 heteroatoms. The van der Waals surface area contributed by atoms with E-state index in [-0.39, 0.29) is 5.11 Å².